The molecule has 0 bridgehead atoms. The van der Waals surface area contributed by atoms with Gasteiger partial charge in [-0.15, -0.1) is 11.3 Å². The first kappa shape index (κ1) is 17.9. The van der Waals surface area contributed by atoms with Crippen LogP contribution in [0.5, 0.6) is 0 Å². The van der Waals surface area contributed by atoms with Crippen LogP contribution in [-0.4, -0.2) is 66.1 Å². The molecule has 7 heteroatoms. The number of carboxylic acid groups (broad SMARTS) is 1. The van der Waals surface area contributed by atoms with Crippen molar-refractivity contribution < 1.29 is 19.4 Å². The molecule has 0 aromatic carbocycles. The minimum atomic E-state index is -0.868. The molecule has 2 saturated heterocycles. The van der Waals surface area contributed by atoms with Crippen LogP contribution in [0, 0.1) is 0 Å². The van der Waals surface area contributed by atoms with E-state index in [1.807, 2.05) is 4.90 Å². The zero-order valence-electron chi connectivity index (χ0n) is 15.2. The standard InChI is InChI=1S/C19H26N2O4S/c1-20-7-2-3-13(20)11-17(22)21-8-5-19(6-9-21)14-12-16(18(23)24)26-15(14)4-10-25-19/h12-13H,2-11H2,1H3,(H,23,24). The first-order valence-corrected chi connectivity index (χ1v) is 10.3. The minimum Gasteiger partial charge on any atom is -0.477 e. The second-order valence-corrected chi connectivity index (χ2v) is 8.84. The molecule has 4 rings (SSSR count). The lowest BCUT2D eigenvalue weighted by molar-refractivity contribution is -0.141. The third-order valence-electron chi connectivity index (χ3n) is 6.22. The molecule has 26 heavy (non-hydrogen) atoms. The van der Waals surface area contributed by atoms with Crippen molar-refractivity contribution in [2.24, 2.45) is 0 Å². The Morgan fingerprint density at radius 2 is 2.12 bits per heavy atom. The molecule has 1 aromatic rings. The molecule has 1 spiro atoms. The molecule has 0 aliphatic carbocycles. The molecule has 1 atom stereocenters. The average Bonchev–Trinajstić information content (AvgIpc) is 3.23. The molecular formula is C19H26N2O4S. The molecule has 0 radical (unpaired) electrons. The van der Waals surface area contributed by atoms with Crippen molar-refractivity contribution in [3.8, 4) is 0 Å². The number of carbonyl (C=O) groups excluding carboxylic acids is 1. The number of ether oxygens (including phenoxy) is 1. The normalized spacial score (nSPS) is 25.4. The number of hydrogen-bond acceptors (Lipinski definition) is 5. The van der Waals surface area contributed by atoms with E-state index < -0.39 is 11.6 Å². The summed E-state index contributed by atoms with van der Waals surface area (Å²) in [5.74, 6) is -0.626. The molecule has 1 aromatic heterocycles. The summed E-state index contributed by atoms with van der Waals surface area (Å²) in [7, 11) is 2.10. The summed E-state index contributed by atoms with van der Waals surface area (Å²) in [6, 6.07) is 2.18. The largest absolute Gasteiger partial charge is 0.477 e. The Morgan fingerprint density at radius 3 is 2.77 bits per heavy atom. The van der Waals surface area contributed by atoms with E-state index in [-0.39, 0.29) is 5.91 Å². The van der Waals surface area contributed by atoms with Gasteiger partial charge in [0.2, 0.25) is 5.91 Å². The SMILES string of the molecule is CN1CCCC1CC(=O)N1CCC2(CC1)OCCc1sc(C(=O)O)cc12. The lowest BCUT2D eigenvalue weighted by Crippen LogP contribution is -2.48. The first-order valence-electron chi connectivity index (χ1n) is 9.47. The van der Waals surface area contributed by atoms with E-state index in [0.29, 0.717) is 37.0 Å². The van der Waals surface area contributed by atoms with Crippen molar-refractivity contribution in [3.05, 3.63) is 21.4 Å². The van der Waals surface area contributed by atoms with E-state index >= 15 is 0 Å². The average molecular weight is 378 g/mol. The highest BCUT2D eigenvalue weighted by Gasteiger charge is 2.43. The van der Waals surface area contributed by atoms with Gasteiger partial charge in [-0.25, -0.2) is 4.79 Å². The van der Waals surface area contributed by atoms with Crippen molar-refractivity contribution in [2.45, 2.75) is 50.2 Å². The number of nitrogens with zero attached hydrogens (tertiary/aromatic N) is 2. The topological polar surface area (TPSA) is 70.1 Å². The molecule has 3 aliphatic heterocycles. The highest BCUT2D eigenvalue weighted by molar-refractivity contribution is 7.14. The second kappa shape index (κ2) is 6.94. The van der Waals surface area contributed by atoms with Gasteiger partial charge < -0.3 is 19.6 Å². The van der Waals surface area contributed by atoms with Crippen molar-refractivity contribution in [1.82, 2.24) is 9.80 Å². The van der Waals surface area contributed by atoms with E-state index in [4.69, 9.17) is 4.74 Å². The van der Waals surface area contributed by atoms with Gasteiger partial charge in [0.15, 0.2) is 0 Å². The Hall–Kier alpha value is -1.44. The van der Waals surface area contributed by atoms with E-state index in [1.165, 1.54) is 17.8 Å². The van der Waals surface area contributed by atoms with Crippen molar-refractivity contribution >= 4 is 23.2 Å². The summed E-state index contributed by atoms with van der Waals surface area (Å²) in [6.45, 7) is 3.09. The number of carbonyl (C=O) groups is 2. The van der Waals surface area contributed by atoms with Crippen molar-refractivity contribution in [2.75, 3.05) is 33.3 Å². The molecule has 4 heterocycles. The Labute approximate surface area is 157 Å². The number of fused-ring (bicyclic) bond motifs is 2. The summed E-state index contributed by atoms with van der Waals surface area (Å²) >= 11 is 1.37. The van der Waals surface area contributed by atoms with Gasteiger partial charge in [0, 0.05) is 36.9 Å². The predicted octanol–water partition coefficient (Wildman–Crippen LogP) is 2.32. The Bertz CT molecular complexity index is 708. The maximum atomic E-state index is 12.7. The summed E-state index contributed by atoms with van der Waals surface area (Å²) in [6.07, 6.45) is 5.19. The Morgan fingerprint density at radius 1 is 1.35 bits per heavy atom. The van der Waals surface area contributed by atoms with E-state index in [0.717, 1.165) is 42.7 Å². The fourth-order valence-electron chi connectivity index (χ4n) is 4.62. The monoisotopic (exact) mass is 378 g/mol. The van der Waals surface area contributed by atoms with Crippen LogP contribution in [0.4, 0.5) is 0 Å². The zero-order valence-corrected chi connectivity index (χ0v) is 16.0. The van der Waals surface area contributed by atoms with Gasteiger partial charge in [-0.3, -0.25) is 4.79 Å². The highest BCUT2D eigenvalue weighted by atomic mass is 32.1. The zero-order chi connectivity index (χ0) is 18.3. The fraction of sp³-hybridized carbons (Fsp3) is 0.684. The van der Waals surface area contributed by atoms with Crippen LogP contribution < -0.4 is 0 Å². The third-order valence-corrected chi connectivity index (χ3v) is 7.41. The lowest BCUT2D eigenvalue weighted by atomic mass is 9.82. The number of carboxylic acids is 1. The number of rotatable bonds is 3. The highest BCUT2D eigenvalue weighted by Crippen LogP contribution is 2.44. The molecule has 6 nitrogen and oxygen atoms in total. The number of likely N-dealkylation sites (tertiary alicyclic amines) is 2. The van der Waals surface area contributed by atoms with Crippen molar-refractivity contribution in [3.63, 3.8) is 0 Å². The van der Waals surface area contributed by atoms with Gasteiger partial charge in [-0.1, -0.05) is 0 Å². The Kier molecular flexibility index (Phi) is 4.79. The quantitative estimate of drug-likeness (QED) is 0.874. The van der Waals surface area contributed by atoms with E-state index in [2.05, 4.69) is 11.9 Å². The van der Waals surface area contributed by atoms with Gasteiger partial charge >= 0.3 is 5.97 Å². The fourth-order valence-corrected chi connectivity index (χ4v) is 5.69. The predicted molar refractivity (Wildman–Crippen MR) is 98.7 cm³/mol. The number of piperidine rings is 1. The summed E-state index contributed by atoms with van der Waals surface area (Å²) in [5.41, 5.74) is 0.646. The number of aromatic carboxylic acids is 1. The smallest absolute Gasteiger partial charge is 0.345 e. The van der Waals surface area contributed by atoms with Crippen LogP contribution in [0.3, 0.4) is 0 Å². The number of amides is 1. The molecule has 142 valence electrons. The third kappa shape index (κ3) is 3.17. The van der Waals surface area contributed by atoms with Gasteiger partial charge in [0.05, 0.1) is 12.2 Å². The van der Waals surface area contributed by atoms with Gasteiger partial charge in [0.25, 0.3) is 0 Å². The Balaban J connectivity index is 1.43. The van der Waals surface area contributed by atoms with Gasteiger partial charge in [-0.05, 0) is 50.9 Å². The number of thiophene rings is 1. The van der Waals surface area contributed by atoms with Crippen LogP contribution in [0.1, 0.15) is 52.2 Å². The van der Waals surface area contributed by atoms with Gasteiger partial charge in [0.1, 0.15) is 4.88 Å². The first-order chi connectivity index (χ1) is 12.5. The van der Waals surface area contributed by atoms with Crippen LogP contribution in [-0.2, 0) is 21.6 Å². The van der Waals surface area contributed by atoms with Crippen LogP contribution in [0.2, 0.25) is 0 Å². The molecule has 1 unspecified atom stereocenters. The van der Waals surface area contributed by atoms with Crippen molar-refractivity contribution in [1.29, 1.82) is 0 Å². The van der Waals surface area contributed by atoms with Crippen LogP contribution in [0.25, 0.3) is 0 Å². The second-order valence-electron chi connectivity index (χ2n) is 7.71. The molecular weight excluding hydrogens is 352 g/mol. The summed E-state index contributed by atoms with van der Waals surface area (Å²) in [5, 5.41) is 9.31. The minimum absolute atomic E-state index is 0.242. The van der Waals surface area contributed by atoms with E-state index in [1.54, 1.807) is 6.07 Å². The summed E-state index contributed by atoms with van der Waals surface area (Å²) < 4.78 is 6.17. The summed E-state index contributed by atoms with van der Waals surface area (Å²) in [4.78, 5) is 29.8. The molecule has 1 amide bonds. The molecule has 1 N–H and O–H groups in total. The van der Waals surface area contributed by atoms with Crippen LogP contribution in [0.15, 0.2) is 6.07 Å². The molecule has 3 aliphatic rings. The molecule has 0 saturated carbocycles. The van der Waals surface area contributed by atoms with E-state index in [9.17, 15) is 14.7 Å². The lowest BCUT2D eigenvalue weighted by Gasteiger charge is -2.44. The maximum absolute atomic E-state index is 12.7. The molecule has 2 fully saturated rings. The van der Waals surface area contributed by atoms with Gasteiger partial charge in [-0.2, -0.15) is 0 Å². The number of hydrogen-bond donors (Lipinski definition) is 1. The van der Waals surface area contributed by atoms with Crippen LogP contribution >= 0.6 is 11.3 Å². The maximum Gasteiger partial charge on any atom is 0.345 e.